The van der Waals surface area contributed by atoms with Crippen LogP contribution in [0.3, 0.4) is 0 Å². The van der Waals surface area contributed by atoms with Gasteiger partial charge in [-0.2, -0.15) is 0 Å². The second-order valence-electron chi connectivity index (χ2n) is 3.78. The van der Waals surface area contributed by atoms with Crippen molar-refractivity contribution in [1.82, 2.24) is 4.98 Å². The summed E-state index contributed by atoms with van der Waals surface area (Å²) in [5.74, 6) is -0.860. The number of halogens is 2. The van der Waals surface area contributed by atoms with Crippen LogP contribution in [-0.4, -0.2) is 10.9 Å². The van der Waals surface area contributed by atoms with Gasteiger partial charge in [0.05, 0.1) is 11.3 Å². The number of anilines is 1. The van der Waals surface area contributed by atoms with Crippen LogP contribution in [0.1, 0.15) is 15.9 Å². The summed E-state index contributed by atoms with van der Waals surface area (Å²) in [6.07, 6.45) is 1.56. The van der Waals surface area contributed by atoms with Crippen LogP contribution in [0.5, 0.6) is 0 Å². The zero-order valence-electron chi connectivity index (χ0n) is 9.58. The van der Waals surface area contributed by atoms with E-state index in [9.17, 15) is 9.18 Å². The average Bonchev–Trinajstić information content (AvgIpc) is 2.33. The third-order valence-corrected chi connectivity index (χ3v) is 3.01. The number of hydrogen-bond acceptors (Lipinski definition) is 2. The summed E-state index contributed by atoms with van der Waals surface area (Å²) in [6, 6.07) is 7.89. The molecule has 0 atom stereocenters. The molecule has 0 saturated carbocycles. The molecule has 0 aliphatic rings. The van der Waals surface area contributed by atoms with Crippen LogP contribution in [0, 0.1) is 12.7 Å². The molecule has 0 saturated heterocycles. The smallest absolute Gasteiger partial charge is 0.258 e. The van der Waals surface area contributed by atoms with Gasteiger partial charge in [-0.3, -0.25) is 4.79 Å². The molecule has 1 amide bonds. The van der Waals surface area contributed by atoms with Gasteiger partial charge in [-0.25, -0.2) is 9.37 Å². The van der Waals surface area contributed by atoms with E-state index in [1.807, 2.05) is 0 Å². The van der Waals surface area contributed by atoms with E-state index in [1.165, 1.54) is 12.1 Å². The summed E-state index contributed by atoms with van der Waals surface area (Å²) >= 11 is 3.17. The molecule has 0 aliphatic heterocycles. The minimum atomic E-state index is -0.455. The van der Waals surface area contributed by atoms with E-state index in [-0.39, 0.29) is 5.69 Å². The van der Waals surface area contributed by atoms with Gasteiger partial charge < -0.3 is 5.32 Å². The molecule has 18 heavy (non-hydrogen) atoms. The molecule has 5 heteroatoms. The summed E-state index contributed by atoms with van der Waals surface area (Å²) in [7, 11) is 0. The molecule has 0 aliphatic carbocycles. The Bertz CT molecular complexity index is 601. The predicted octanol–water partition coefficient (Wildman–Crippen LogP) is 3.54. The Morgan fingerprint density at radius 2 is 2.17 bits per heavy atom. The van der Waals surface area contributed by atoms with Crippen LogP contribution in [0.25, 0.3) is 0 Å². The minimum absolute atomic E-state index is 0.154. The van der Waals surface area contributed by atoms with E-state index in [0.29, 0.717) is 10.2 Å². The van der Waals surface area contributed by atoms with E-state index >= 15 is 0 Å². The summed E-state index contributed by atoms with van der Waals surface area (Å²) in [6.45, 7) is 1.78. The van der Waals surface area contributed by atoms with Gasteiger partial charge in [0.1, 0.15) is 10.4 Å². The fourth-order valence-corrected chi connectivity index (χ4v) is 1.90. The number of nitrogens with zero attached hydrogens (tertiary/aromatic N) is 1. The van der Waals surface area contributed by atoms with Gasteiger partial charge >= 0.3 is 0 Å². The molecule has 1 aromatic carbocycles. The zero-order valence-corrected chi connectivity index (χ0v) is 11.2. The summed E-state index contributed by atoms with van der Waals surface area (Å²) in [5.41, 5.74) is 1.31. The Balaban J connectivity index is 2.24. The van der Waals surface area contributed by atoms with Gasteiger partial charge in [-0.1, -0.05) is 6.07 Å². The maximum absolute atomic E-state index is 13.6. The lowest BCUT2D eigenvalue weighted by molar-refractivity contribution is 0.102. The fraction of sp³-hybridized carbons (Fsp3) is 0.0769. The van der Waals surface area contributed by atoms with Crippen molar-refractivity contribution in [3.05, 3.63) is 58.1 Å². The normalized spacial score (nSPS) is 10.2. The lowest BCUT2D eigenvalue weighted by Crippen LogP contribution is -2.14. The number of rotatable bonds is 2. The zero-order chi connectivity index (χ0) is 13.1. The summed E-state index contributed by atoms with van der Waals surface area (Å²) < 4.78 is 14.0. The molecular formula is C13H10BrFN2O. The first-order valence-electron chi connectivity index (χ1n) is 5.26. The highest BCUT2D eigenvalue weighted by molar-refractivity contribution is 9.10. The number of nitrogens with one attached hydrogen (secondary N) is 1. The molecule has 0 unspecified atom stereocenters. The van der Waals surface area contributed by atoms with E-state index < -0.39 is 11.7 Å². The minimum Gasteiger partial charge on any atom is -0.319 e. The van der Waals surface area contributed by atoms with E-state index in [0.717, 1.165) is 5.56 Å². The largest absolute Gasteiger partial charge is 0.319 e. The maximum atomic E-state index is 13.6. The van der Waals surface area contributed by atoms with Gasteiger partial charge in [0.15, 0.2) is 0 Å². The van der Waals surface area contributed by atoms with E-state index in [1.54, 1.807) is 31.3 Å². The highest BCUT2D eigenvalue weighted by Gasteiger charge is 2.12. The highest BCUT2D eigenvalue weighted by Crippen LogP contribution is 2.18. The van der Waals surface area contributed by atoms with Gasteiger partial charge in [0, 0.05) is 6.20 Å². The number of pyridine rings is 1. The van der Waals surface area contributed by atoms with E-state index in [2.05, 4.69) is 26.2 Å². The lowest BCUT2D eigenvalue weighted by atomic mass is 10.2. The van der Waals surface area contributed by atoms with Crippen molar-refractivity contribution >= 4 is 27.5 Å². The third kappa shape index (κ3) is 2.73. The van der Waals surface area contributed by atoms with Crippen molar-refractivity contribution in [3.8, 4) is 0 Å². The number of carbonyl (C=O) groups is 1. The quantitative estimate of drug-likeness (QED) is 0.862. The molecule has 0 fully saturated rings. The number of hydrogen-bond donors (Lipinski definition) is 1. The van der Waals surface area contributed by atoms with Crippen LogP contribution in [0.2, 0.25) is 0 Å². The Morgan fingerprint density at radius 1 is 1.39 bits per heavy atom. The molecule has 92 valence electrons. The van der Waals surface area contributed by atoms with Crippen molar-refractivity contribution < 1.29 is 9.18 Å². The lowest BCUT2D eigenvalue weighted by Gasteiger charge is -2.07. The van der Waals surface area contributed by atoms with Gasteiger partial charge in [-0.05, 0) is 52.7 Å². The number of aryl methyl sites for hydroxylation is 1. The number of amides is 1. The van der Waals surface area contributed by atoms with Crippen molar-refractivity contribution in [2.24, 2.45) is 0 Å². The second-order valence-corrected chi connectivity index (χ2v) is 4.53. The maximum Gasteiger partial charge on any atom is 0.258 e. The monoisotopic (exact) mass is 308 g/mol. The Hall–Kier alpha value is -1.75. The molecule has 1 aromatic heterocycles. The van der Waals surface area contributed by atoms with Crippen molar-refractivity contribution in [3.63, 3.8) is 0 Å². The first kappa shape index (κ1) is 12.7. The number of carbonyl (C=O) groups excluding carboxylic acids is 1. The van der Waals surface area contributed by atoms with E-state index in [4.69, 9.17) is 0 Å². The molecule has 0 bridgehead atoms. The van der Waals surface area contributed by atoms with Crippen LogP contribution >= 0.6 is 15.9 Å². The third-order valence-electron chi connectivity index (χ3n) is 2.38. The Labute approximate surface area is 112 Å². The second kappa shape index (κ2) is 5.27. The highest BCUT2D eigenvalue weighted by atomic mass is 79.9. The number of aromatic nitrogens is 1. The van der Waals surface area contributed by atoms with Crippen molar-refractivity contribution in [1.29, 1.82) is 0 Å². The Kier molecular flexibility index (Phi) is 3.72. The summed E-state index contributed by atoms with van der Waals surface area (Å²) in [4.78, 5) is 15.9. The molecule has 2 aromatic rings. The van der Waals surface area contributed by atoms with Gasteiger partial charge in [0.2, 0.25) is 0 Å². The molecule has 1 N–H and O–H groups in total. The average molecular weight is 309 g/mol. The predicted molar refractivity (Wildman–Crippen MR) is 71.0 cm³/mol. The van der Waals surface area contributed by atoms with Crippen LogP contribution < -0.4 is 5.32 Å². The first-order valence-corrected chi connectivity index (χ1v) is 6.05. The standard InChI is InChI=1S/C13H10BrFN2O/c1-8-4-5-11(10(15)7-8)17-13(18)9-3-2-6-16-12(9)14/h2-7H,1H3,(H,17,18). The van der Waals surface area contributed by atoms with Crippen LogP contribution in [-0.2, 0) is 0 Å². The van der Waals surface area contributed by atoms with Crippen LogP contribution in [0.15, 0.2) is 41.1 Å². The topological polar surface area (TPSA) is 42.0 Å². The molecule has 2 rings (SSSR count). The number of benzene rings is 1. The van der Waals surface area contributed by atoms with Crippen molar-refractivity contribution in [2.45, 2.75) is 6.92 Å². The van der Waals surface area contributed by atoms with Gasteiger partial charge in [-0.15, -0.1) is 0 Å². The van der Waals surface area contributed by atoms with Crippen molar-refractivity contribution in [2.75, 3.05) is 5.32 Å². The molecule has 0 spiro atoms. The van der Waals surface area contributed by atoms with Gasteiger partial charge in [0.25, 0.3) is 5.91 Å². The molecule has 3 nitrogen and oxygen atoms in total. The fourth-order valence-electron chi connectivity index (χ4n) is 1.47. The summed E-state index contributed by atoms with van der Waals surface area (Å²) in [5, 5.41) is 2.51. The first-order chi connectivity index (χ1) is 8.58. The SMILES string of the molecule is Cc1ccc(NC(=O)c2cccnc2Br)c(F)c1. The van der Waals surface area contributed by atoms with Crippen LogP contribution in [0.4, 0.5) is 10.1 Å². The molecule has 0 radical (unpaired) electrons. The Morgan fingerprint density at radius 3 is 2.83 bits per heavy atom. The molecular weight excluding hydrogens is 299 g/mol. The molecule has 1 heterocycles.